The summed E-state index contributed by atoms with van der Waals surface area (Å²) in [5.41, 5.74) is 3.62. The van der Waals surface area contributed by atoms with E-state index in [1.165, 1.54) is 11.1 Å². The van der Waals surface area contributed by atoms with Crippen molar-refractivity contribution in [2.24, 2.45) is 10.6 Å². The van der Waals surface area contributed by atoms with E-state index in [4.69, 9.17) is 4.84 Å². The molecular formula is C18H21NO. The lowest BCUT2D eigenvalue weighted by molar-refractivity contribution is 0.129. The van der Waals surface area contributed by atoms with Gasteiger partial charge in [0.1, 0.15) is 6.61 Å². The maximum atomic E-state index is 5.31. The predicted molar refractivity (Wildman–Crippen MR) is 84.6 cm³/mol. The van der Waals surface area contributed by atoms with Gasteiger partial charge >= 0.3 is 0 Å². The van der Waals surface area contributed by atoms with Gasteiger partial charge in [-0.2, -0.15) is 0 Å². The van der Waals surface area contributed by atoms with Crippen molar-refractivity contribution in [2.75, 3.05) is 0 Å². The van der Waals surface area contributed by atoms with Crippen molar-refractivity contribution in [2.45, 2.75) is 27.4 Å². The summed E-state index contributed by atoms with van der Waals surface area (Å²) in [6.45, 7) is 6.78. The summed E-state index contributed by atoms with van der Waals surface area (Å²) in [4.78, 5) is 5.31. The predicted octanol–water partition coefficient (Wildman–Crippen LogP) is 4.90. The highest BCUT2D eigenvalue weighted by Gasteiger charge is 2.05. The fraction of sp³-hybridized carbons (Fsp3) is 0.278. The Morgan fingerprint density at radius 1 is 0.900 bits per heavy atom. The molecule has 0 aliphatic rings. The minimum atomic E-state index is 0.0527. The summed E-state index contributed by atoms with van der Waals surface area (Å²) < 4.78 is 0. The lowest BCUT2D eigenvalue weighted by Gasteiger charge is -2.09. The molecule has 0 radical (unpaired) electrons. The van der Waals surface area contributed by atoms with Gasteiger partial charge in [-0.25, -0.2) is 0 Å². The van der Waals surface area contributed by atoms with E-state index in [9.17, 15) is 0 Å². The molecule has 0 fully saturated rings. The van der Waals surface area contributed by atoms with Gasteiger partial charge < -0.3 is 4.84 Å². The van der Waals surface area contributed by atoms with Gasteiger partial charge in [0.15, 0.2) is 0 Å². The van der Waals surface area contributed by atoms with E-state index in [1.807, 2.05) is 24.4 Å². The van der Waals surface area contributed by atoms with E-state index in [0.29, 0.717) is 6.61 Å². The molecular weight excluding hydrogens is 246 g/mol. The fourth-order valence-electron chi connectivity index (χ4n) is 1.73. The van der Waals surface area contributed by atoms with E-state index in [-0.39, 0.29) is 5.41 Å². The summed E-state index contributed by atoms with van der Waals surface area (Å²) in [6.07, 6.45) is 1.82. The van der Waals surface area contributed by atoms with Gasteiger partial charge in [-0.05, 0) is 16.7 Å². The van der Waals surface area contributed by atoms with Crippen LogP contribution < -0.4 is 0 Å². The van der Waals surface area contributed by atoms with Crippen LogP contribution in [-0.4, -0.2) is 6.21 Å². The molecule has 2 rings (SSSR count). The Morgan fingerprint density at radius 2 is 1.50 bits per heavy atom. The third kappa shape index (κ3) is 4.54. The zero-order chi connectivity index (χ0) is 14.4. The van der Waals surface area contributed by atoms with E-state index < -0.39 is 0 Å². The van der Waals surface area contributed by atoms with Crippen molar-refractivity contribution < 1.29 is 4.84 Å². The molecule has 0 aliphatic carbocycles. The first-order chi connectivity index (χ1) is 9.54. The van der Waals surface area contributed by atoms with Crippen LogP contribution in [0.25, 0.3) is 11.1 Å². The second-order valence-corrected chi connectivity index (χ2v) is 5.94. The highest BCUT2D eigenvalue weighted by Crippen LogP contribution is 2.19. The highest BCUT2D eigenvalue weighted by atomic mass is 16.6. The molecule has 2 aromatic rings. The Labute approximate surface area is 121 Å². The van der Waals surface area contributed by atoms with Crippen molar-refractivity contribution in [1.82, 2.24) is 0 Å². The second kappa shape index (κ2) is 6.38. The third-order valence-corrected chi connectivity index (χ3v) is 2.81. The van der Waals surface area contributed by atoms with Crippen LogP contribution in [0.15, 0.2) is 59.8 Å². The molecule has 2 heteroatoms. The van der Waals surface area contributed by atoms with Crippen LogP contribution in [0.4, 0.5) is 0 Å². The molecule has 0 aromatic heterocycles. The summed E-state index contributed by atoms with van der Waals surface area (Å²) >= 11 is 0. The van der Waals surface area contributed by atoms with Crippen LogP contribution >= 0.6 is 0 Å². The highest BCUT2D eigenvalue weighted by molar-refractivity contribution is 5.63. The van der Waals surface area contributed by atoms with Gasteiger partial charge in [0.25, 0.3) is 0 Å². The van der Waals surface area contributed by atoms with E-state index >= 15 is 0 Å². The smallest absolute Gasteiger partial charge is 0.142 e. The Balaban J connectivity index is 1.94. The minimum absolute atomic E-state index is 0.0527. The van der Waals surface area contributed by atoms with Crippen molar-refractivity contribution in [3.8, 4) is 11.1 Å². The van der Waals surface area contributed by atoms with E-state index in [2.05, 4.69) is 62.3 Å². The number of hydrogen-bond donors (Lipinski definition) is 0. The topological polar surface area (TPSA) is 21.6 Å². The standard InChI is InChI=1S/C18H21NO/c1-18(2,3)14-19-20-13-15-9-11-17(12-10-15)16-7-5-4-6-8-16/h4-12,14H,13H2,1-3H3. The van der Waals surface area contributed by atoms with Crippen LogP contribution in [0.1, 0.15) is 26.3 Å². The van der Waals surface area contributed by atoms with Gasteiger partial charge in [0.2, 0.25) is 0 Å². The molecule has 0 unspecified atom stereocenters. The Morgan fingerprint density at radius 3 is 2.10 bits per heavy atom. The van der Waals surface area contributed by atoms with Crippen LogP contribution in [0.3, 0.4) is 0 Å². The monoisotopic (exact) mass is 267 g/mol. The number of hydrogen-bond acceptors (Lipinski definition) is 2. The summed E-state index contributed by atoms with van der Waals surface area (Å²) in [5, 5.41) is 3.99. The number of benzene rings is 2. The average Bonchev–Trinajstić information content (AvgIpc) is 2.44. The van der Waals surface area contributed by atoms with Crippen molar-refractivity contribution >= 4 is 6.21 Å². The van der Waals surface area contributed by atoms with Gasteiger partial charge in [0.05, 0.1) is 0 Å². The molecule has 0 amide bonds. The molecule has 0 bridgehead atoms. The summed E-state index contributed by atoms with van der Waals surface area (Å²) in [6, 6.07) is 18.7. The Bertz CT molecular complexity index is 550. The van der Waals surface area contributed by atoms with Gasteiger partial charge in [-0.1, -0.05) is 80.5 Å². The maximum Gasteiger partial charge on any atom is 0.142 e. The maximum absolute atomic E-state index is 5.31. The molecule has 0 heterocycles. The fourth-order valence-corrected chi connectivity index (χ4v) is 1.73. The Hall–Kier alpha value is -2.09. The Kier molecular flexibility index (Phi) is 4.57. The largest absolute Gasteiger partial charge is 0.391 e. The first kappa shape index (κ1) is 14.3. The van der Waals surface area contributed by atoms with Crippen molar-refractivity contribution in [3.63, 3.8) is 0 Å². The molecule has 20 heavy (non-hydrogen) atoms. The normalized spacial score (nSPS) is 11.8. The van der Waals surface area contributed by atoms with Gasteiger partial charge in [-0.3, -0.25) is 0 Å². The average molecular weight is 267 g/mol. The number of nitrogens with zero attached hydrogens (tertiary/aromatic N) is 1. The molecule has 2 aromatic carbocycles. The minimum Gasteiger partial charge on any atom is -0.391 e. The number of oxime groups is 1. The lowest BCUT2D eigenvalue weighted by Crippen LogP contribution is -2.06. The van der Waals surface area contributed by atoms with Crippen LogP contribution in [-0.2, 0) is 11.4 Å². The lowest BCUT2D eigenvalue weighted by atomic mass is 10.00. The van der Waals surface area contributed by atoms with Crippen molar-refractivity contribution in [1.29, 1.82) is 0 Å². The summed E-state index contributed by atoms with van der Waals surface area (Å²) in [5.74, 6) is 0. The van der Waals surface area contributed by atoms with E-state index in [0.717, 1.165) is 5.56 Å². The first-order valence-corrected chi connectivity index (χ1v) is 6.85. The molecule has 0 saturated carbocycles. The molecule has 104 valence electrons. The molecule has 0 aliphatic heterocycles. The molecule has 0 atom stereocenters. The van der Waals surface area contributed by atoms with Crippen LogP contribution in [0.5, 0.6) is 0 Å². The van der Waals surface area contributed by atoms with Crippen LogP contribution in [0, 0.1) is 5.41 Å². The molecule has 0 saturated heterocycles. The molecule has 2 nitrogen and oxygen atoms in total. The first-order valence-electron chi connectivity index (χ1n) is 6.85. The zero-order valence-electron chi connectivity index (χ0n) is 12.3. The van der Waals surface area contributed by atoms with Crippen LogP contribution in [0.2, 0.25) is 0 Å². The summed E-state index contributed by atoms with van der Waals surface area (Å²) in [7, 11) is 0. The molecule has 0 N–H and O–H groups in total. The van der Waals surface area contributed by atoms with Gasteiger partial charge in [-0.15, -0.1) is 0 Å². The quantitative estimate of drug-likeness (QED) is 0.570. The van der Waals surface area contributed by atoms with E-state index in [1.54, 1.807) is 0 Å². The number of rotatable bonds is 4. The van der Waals surface area contributed by atoms with Crippen molar-refractivity contribution in [3.05, 3.63) is 60.2 Å². The second-order valence-electron chi connectivity index (χ2n) is 5.94. The third-order valence-electron chi connectivity index (χ3n) is 2.81. The zero-order valence-corrected chi connectivity index (χ0v) is 12.3. The van der Waals surface area contributed by atoms with Gasteiger partial charge in [0, 0.05) is 11.6 Å². The molecule has 0 spiro atoms. The SMILES string of the molecule is CC(C)(C)C=NOCc1ccc(-c2ccccc2)cc1.